The van der Waals surface area contributed by atoms with E-state index in [2.05, 4.69) is 12.2 Å². The molecule has 0 rings (SSSR count). The van der Waals surface area contributed by atoms with Gasteiger partial charge in [-0.3, -0.25) is 0 Å². The molecule has 0 fully saturated rings. The molecule has 0 spiro atoms. The molecule has 0 nitrogen and oxygen atoms in total. The first kappa shape index (κ1) is 14.1. The third-order valence-corrected chi connectivity index (χ3v) is 2.96. The van der Waals surface area contributed by atoms with Crippen LogP contribution in [0.1, 0.15) is 19.8 Å². The minimum absolute atomic E-state index is 0.195. The number of thioether (sulfide) groups is 1. The number of unbranched alkanes of at least 4 members (excludes halogenated alkanes) is 1. The second kappa shape index (κ2) is 5.25. The van der Waals surface area contributed by atoms with Crippen molar-refractivity contribution in [1.82, 2.24) is 0 Å². The number of alkyl halides is 5. The zero-order valence-corrected chi connectivity index (χ0v) is 8.96. The van der Waals surface area contributed by atoms with E-state index in [9.17, 15) is 22.0 Å². The van der Waals surface area contributed by atoms with Crippen LogP contribution in [0, 0.1) is 0 Å². The summed E-state index contributed by atoms with van der Waals surface area (Å²) < 4.78 is 58.9. The molecule has 14 heavy (non-hydrogen) atoms. The van der Waals surface area contributed by atoms with E-state index in [1.165, 1.54) is 0 Å². The van der Waals surface area contributed by atoms with E-state index < -0.39 is 16.3 Å². The fraction of sp³-hybridized carbons (Fsp3) is 0.857. The summed E-state index contributed by atoms with van der Waals surface area (Å²) in [7, 11) is 0. The zero-order chi connectivity index (χ0) is 11.4. The highest BCUT2D eigenvalue weighted by Crippen LogP contribution is 2.39. The lowest BCUT2D eigenvalue weighted by Gasteiger charge is -2.19. The Labute approximate surface area is 88.2 Å². The fourth-order valence-electron chi connectivity index (χ4n) is 0.516. The second-order valence-corrected chi connectivity index (χ2v) is 4.33. The number of hydrogen-bond donors (Lipinski definition) is 0. The SMILES string of the molecule is CCCCSC(=S)C(F)(F)C(F)(F)F. The summed E-state index contributed by atoms with van der Waals surface area (Å²) in [6.07, 6.45) is -4.28. The molecule has 0 saturated carbocycles. The Morgan fingerprint density at radius 2 is 1.71 bits per heavy atom. The molecule has 0 amide bonds. The van der Waals surface area contributed by atoms with Crippen molar-refractivity contribution in [3.8, 4) is 0 Å². The van der Waals surface area contributed by atoms with Gasteiger partial charge < -0.3 is 0 Å². The van der Waals surface area contributed by atoms with Crippen LogP contribution < -0.4 is 0 Å². The molecular weight excluding hydrogens is 243 g/mol. The molecule has 0 aromatic heterocycles. The summed E-state index contributed by atoms with van der Waals surface area (Å²) in [6, 6.07) is 0. The van der Waals surface area contributed by atoms with E-state index in [0.29, 0.717) is 18.2 Å². The summed E-state index contributed by atoms with van der Waals surface area (Å²) >= 11 is 4.44. The second-order valence-electron chi connectivity index (χ2n) is 2.56. The van der Waals surface area contributed by atoms with Crippen LogP contribution in [0.4, 0.5) is 22.0 Å². The first-order valence-corrected chi connectivity index (χ1v) is 5.24. The monoisotopic (exact) mass is 252 g/mol. The molecule has 0 heterocycles. The van der Waals surface area contributed by atoms with Gasteiger partial charge in [-0.1, -0.05) is 25.6 Å². The molecule has 0 aliphatic carbocycles. The van der Waals surface area contributed by atoms with E-state index in [-0.39, 0.29) is 5.75 Å². The Hall–Kier alpha value is 0.0900. The van der Waals surface area contributed by atoms with Gasteiger partial charge in [-0.2, -0.15) is 22.0 Å². The van der Waals surface area contributed by atoms with Gasteiger partial charge in [0.25, 0.3) is 0 Å². The maximum Gasteiger partial charge on any atom is 0.459 e. The van der Waals surface area contributed by atoms with Gasteiger partial charge in [0.1, 0.15) is 4.20 Å². The Bertz CT molecular complexity index is 199. The van der Waals surface area contributed by atoms with Crippen LogP contribution in [0.15, 0.2) is 0 Å². The summed E-state index contributed by atoms with van der Waals surface area (Å²) in [6.45, 7) is 1.81. The van der Waals surface area contributed by atoms with E-state index in [0.717, 1.165) is 6.42 Å². The van der Waals surface area contributed by atoms with Gasteiger partial charge >= 0.3 is 12.1 Å². The van der Waals surface area contributed by atoms with Crippen LogP contribution in [-0.4, -0.2) is 22.0 Å². The molecule has 0 aromatic carbocycles. The molecule has 0 atom stereocenters. The lowest BCUT2D eigenvalue weighted by molar-refractivity contribution is -0.247. The molecule has 0 aliphatic heterocycles. The number of rotatable bonds is 4. The zero-order valence-electron chi connectivity index (χ0n) is 7.33. The molecule has 7 heteroatoms. The van der Waals surface area contributed by atoms with Crippen LogP contribution in [0.3, 0.4) is 0 Å². The van der Waals surface area contributed by atoms with Crippen molar-refractivity contribution < 1.29 is 22.0 Å². The lowest BCUT2D eigenvalue weighted by atomic mass is 10.4. The normalized spacial score (nSPS) is 13.0. The van der Waals surface area contributed by atoms with Crippen molar-refractivity contribution in [2.45, 2.75) is 31.9 Å². The first-order valence-electron chi connectivity index (χ1n) is 3.85. The fourth-order valence-corrected chi connectivity index (χ4v) is 1.80. The van der Waals surface area contributed by atoms with Crippen LogP contribution in [-0.2, 0) is 0 Å². The molecule has 0 saturated heterocycles. The highest BCUT2D eigenvalue weighted by atomic mass is 32.2. The van der Waals surface area contributed by atoms with Gasteiger partial charge in [-0.05, 0) is 12.2 Å². The number of thiocarbonyl (C=S) groups is 1. The van der Waals surface area contributed by atoms with Gasteiger partial charge in [-0.25, -0.2) is 0 Å². The van der Waals surface area contributed by atoms with E-state index in [4.69, 9.17) is 0 Å². The highest BCUT2D eigenvalue weighted by Gasteiger charge is 2.60. The molecule has 0 bridgehead atoms. The largest absolute Gasteiger partial charge is 0.459 e. The summed E-state index contributed by atoms with van der Waals surface area (Å²) in [5.41, 5.74) is 0. The van der Waals surface area contributed by atoms with E-state index in [1.54, 1.807) is 0 Å². The third-order valence-electron chi connectivity index (χ3n) is 1.34. The molecule has 0 aliphatic rings. The third kappa shape index (κ3) is 3.68. The summed E-state index contributed by atoms with van der Waals surface area (Å²) in [5, 5.41) is 0. The Morgan fingerprint density at radius 3 is 2.07 bits per heavy atom. The molecule has 0 aromatic rings. The number of hydrogen-bond acceptors (Lipinski definition) is 2. The van der Waals surface area contributed by atoms with Gasteiger partial charge in [0.2, 0.25) is 0 Å². The Balaban J connectivity index is 4.23. The van der Waals surface area contributed by atoms with Crippen molar-refractivity contribution in [1.29, 1.82) is 0 Å². The summed E-state index contributed by atoms with van der Waals surface area (Å²) in [4.78, 5) is 0. The Morgan fingerprint density at radius 1 is 1.21 bits per heavy atom. The first-order chi connectivity index (χ1) is 6.23. The van der Waals surface area contributed by atoms with Gasteiger partial charge in [0.15, 0.2) is 0 Å². The highest BCUT2D eigenvalue weighted by molar-refractivity contribution is 8.23. The topological polar surface area (TPSA) is 0 Å². The molecule has 0 N–H and O–H groups in total. The van der Waals surface area contributed by atoms with Crippen molar-refractivity contribution in [3.05, 3.63) is 0 Å². The average Bonchev–Trinajstić information content (AvgIpc) is 2.02. The van der Waals surface area contributed by atoms with Crippen molar-refractivity contribution in [2.24, 2.45) is 0 Å². The predicted molar refractivity (Wildman–Crippen MR) is 51.0 cm³/mol. The van der Waals surface area contributed by atoms with Gasteiger partial charge in [0.05, 0.1) is 0 Å². The average molecular weight is 252 g/mol. The van der Waals surface area contributed by atoms with Gasteiger partial charge in [0, 0.05) is 0 Å². The molecular formula is C7H9F5S2. The van der Waals surface area contributed by atoms with E-state index >= 15 is 0 Å². The standard InChI is InChI=1S/C7H9F5S2/c1-2-3-4-14-5(13)6(8,9)7(10,11)12/h2-4H2,1H3. The van der Waals surface area contributed by atoms with Crippen molar-refractivity contribution in [2.75, 3.05) is 5.75 Å². The molecule has 0 unspecified atom stereocenters. The minimum atomic E-state index is -5.58. The maximum atomic E-state index is 12.5. The van der Waals surface area contributed by atoms with Gasteiger partial charge in [-0.15, -0.1) is 11.8 Å². The minimum Gasteiger partial charge on any atom is -0.189 e. The Kier molecular flexibility index (Phi) is 5.28. The lowest BCUT2D eigenvalue weighted by Crippen LogP contribution is -2.41. The molecule has 84 valence electrons. The number of halogens is 5. The smallest absolute Gasteiger partial charge is 0.189 e. The maximum absolute atomic E-state index is 12.5. The van der Waals surface area contributed by atoms with Crippen LogP contribution in [0.25, 0.3) is 0 Å². The van der Waals surface area contributed by atoms with Crippen LogP contribution in [0.2, 0.25) is 0 Å². The van der Waals surface area contributed by atoms with Crippen molar-refractivity contribution >= 4 is 28.2 Å². The van der Waals surface area contributed by atoms with Crippen LogP contribution >= 0.6 is 24.0 Å². The molecule has 0 radical (unpaired) electrons. The predicted octanol–water partition coefficient (Wildman–Crippen LogP) is 4.04. The quantitative estimate of drug-likeness (QED) is 0.420. The van der Waals surface area contributed by atoms with E-state index in [1.807, 2.05) is 6.92 Å². The van der Waals surface area contributed by atoms with Crippen LogP contribution in [0.5, 0.6) is 0 Å². The van der Waals surface area contributed by atoms with Crippen molar-refractivity contribution in [3.63, 3.8) is 0 Å². The summed E-state index contributed by atoms with van der Waals surface area (Å²) in [5.74, 6) is -4.66.